The molecule has 158 valence electrons. The standard InChI is InChI=1S/C24H21NO6/c1-10-8-16(27)14-9-13-11(6-7-12-18(13)24(30)25-23(12)29)19(20(14)22(10)28)21-15(26)4-3-5-17(21)31-2/h3-6,8,12-13,18-19,26H,7,9H2,1-2H3,(H,25,29,30). The molecule has 1 aromatic rings. The third-order valence-electron chi connectivity index (χ3n) is 6.96. The minimum Gasteiger partial charge on any atom is -0.507 e. The summed E-state index contributed by atoms with van der Waals surface area (Å²) in [5.74, 6) is -3.06. The summed E-state index contributed by atoms with van der Waals surface area (Å²) < 4.78 is 5.50. The molecule has 1 aliphatic heterocycles. The minimum atomic E-state index is -0.727. The number of carbonyl (C=O) groups is 4. The number of ether oxygens (including phenoxy) is 1. The van der Waals surface area contributed by atoms with Crippen molar-refractivity contribution in [3.05, 3.63) is 58.2 Å². The van der Waals surface area contributed by atoms with E-state index in [0.717, 1.165) is 5.57 Å². The van der Waals surface area contributed by atoms with Gasteiger partial charge < -0.3 is 9.84 Å². The van der Waals surface area contributed by atoms with Crippen molar-refractivity contribution in [2.75, 3.05) is 7.11 Å². The highest BCUT2D eigenvalue weighted by molar-refractivity contribution is 6.24. The van der Waals surface area contributed by atoms with Gasteiger partial charge in [-0.25, -0.2) is 0 Å². The largest absolute Gasteiger partial charge is 0.507 e. The topological polar surface area (TPSA) is 110 Å². The van der Waals surface area contributed by atoms with Crippen LogP contribution in [-0.2, 0) is 19.2 Å². The van der Waals surface area contributed by atoms with E-state index < -0.39 is 23.7 Å². The number of fused-ring (bicyclic) bond motifs is 3. The van der Waals surface area contributed by atoms with E-state index in [1.807, 2.05) is 6.08 Å². The normalized spacial score (nSPS) is 29.6. The van der Waals surface area contributed by atoms with Gasteiger partial charge in [-0.15, -0.1) is 0 Å². The van der Waals surface area contributed by atoms with Crippen LogP contribution in [0, 0.1) is 17.8 Å². The maximum absolute atomic E-state index is 13.3. The van der Waals surface area contributed by atoms with Crippen molar-refractivity contribution < 1.29 is 29.0 Å². The fourth-order valence-corrected chi connectivity index (χ4v) is 5.60. The molecule has 1 fully saturated rings. The average Bonchev–Trinajstić information content (AvgIpc) is 3.04. The van der Waals surface area contributed by atoms with Gasteiger partial charge in [0, 0.05) is 28.2 Å². The van der Waals surface area contributed by atoms with Gasteiger partial charge in [-0.1, -0.05) is 17.7 Å². The molecule has 1 heterocycles. The van der Waals surface area contributed by atoms with Crippen LogP contribution < -0.4 is 10.1 Å². The van der Waals surface area contributed by atoms with Gasteiger partial charge in [-0.2, -0.15) is 0 Å². The van der Waals surface area contributed by atoms with Gasteiger partial charge in [0.25, 0.3) is 0 Å². The van der Waals surface area contributed by atoms with Crippen LogP contribution >= 0.6 is 0 Å². The number of hydrogen-bond donors (Lipinski definition) is 2. The predicted octanol–water partition coefficient (Wildman–Crippen LogP) is 2.12. The predicted molar refractivity (Wildman–Crippen MR) is 109 cm³/mol. The molecular weight excluding hydrogens is 398 g/mol. The first-order chi connectivity index (χ1) is 14.8. The quantitative estimate of drug-likeness (QED) is 0.432. The average molecular weight is 419 g/mol. The molecule has 2 N–H and O–H groups in total. The van der Waals surface area contributed by atoms with Gasteiger partial charge in [0.15, 0.2) is 11.6 Å². The summed E-state index contributed by atoms with van der Waals surface area (Å²) in [6, 6.07) is 4.84. The Morgan fingerprint density at radius 1 is 1.10 bits per heavy atom. The molecule has 2 amide bonds. The van der Waals surface area contributed by atoms with Crippen molar-refractivity contribution in [3.8, 4) is 11.5 Å². The highest BCUT2D eigenvalue weighted by Crippen LogP contribution is 2.56. The summed E-state index contributed by atoms with van der Waals surface area (Å²) in [5, 5.41) is 13.2. The number of phenols is 1. The summed E-state index contributed by atoms with van der Waals surface area (Å²) in [5.41, 5.74) is 2.19. The van der Waals surface area contributed by atoms with Crippen LogP contribution in [0.15, 0.2) is 52.6 Å². The zero-order chi connectivity index (χ0) is 22.0. The van der Waals surface area contributed by atoms with Crippen LogP contribution in [0.3, 0.4) is 0 Å². The van der Waals surface area contributed by atoms with Gasteiger partial charge in [-0.05, 0) is 43.9 Å². The Morgan fingerprint density at radius 2 is 1.87 bits per heavy atom. The summed E-state index contributed by atoms with van der Waals surface area (Å²) in [7, 11) is 1.47. The van der Waals surface area contributed by atoms with E-state index in [0.29, 0.717) is 34.5 Å². The number of rotatable bonds is 2. The molecule has 0 radical (unpaired) electrons. The summed E-state index contributed by atoms with van der Waals surface area (Å²) >= 11 is 0. The van der Waals surface area contributed by atoms with Gasteiger partial charge in [-0.3, -0.25) is 24.5 Å². The van der Waals surface area contributed by atoms with Crippen LogP contribution in [0.2, 0.25) is 0 Å². The number of ketones is 2. The molecule has 3 aliphatic carbocycles. The van der Waals surface area contributed by atoms with E-state index in [1.54, 1.807) is 19.1 Å². The molecule has 1 aromatic carbocycles. The Bertz CT molecular complexity index is 1170. The van der Waals surface area contributed by atoms with E-state index in [4.69, 9.17) is 4.74 Å². The number of benzene rings is 1. The molecule has 5 rings (SSSR count). The lowest BCUT2D eigenvalue weighted by atomic mass is 9.59. The molecule has 0 aromatic heterocycles. The lowest BCUT2D eigenvalue weighted by molar-refractivity contribution is -0.126. The minimum absolute atomic E-state index is 0.0562. The van der Waals surface area contributed by atoms with E-state index in [1.165, 1.54) is 19.3 Å². The molecule has 0 spiro atoms. The lowest BCUT2D eigenvalue weighted by Crippen LogP contribution is -2.39. The number of phenolic OH excluding ortho intramolecular Hbond substituents is 1. The zero-order valence-electron chi connectivity index (χ0n) is 17.1. The fourth-order valence-electron chi connectivity index (χ4n) is 5.60. The maximum Gasteiger partial charge on any atom is 0.231 e. The van der Waals surface area contributed by atoms with Crippen molar-refractivity contribution in [3.63, 3.8) is 0 Å². The van der Waals surface area contributed by atoms with Crippen LogP contribution in [0.25, 0.3) is 0 Å². The molecule has 0 bridgehead atoms. The number of nitrogens with one attached hydrogen (secondary N) is 1. The number of allylic oxidation sites excluding steroid dienone is 6. The third-order valence-corrected chi connectivity index (χ3v) is 6.96. The zero-order valence-corrected chi connectivity index (χ0v) is 17.1. The monoisotopic (exact) mass is 419 g/mol. The SMILES string of the molecule is COc1cccc(O)c1C1C2=CCC3C(=O)NC(=O)C3C2CC2=C1C(=O)C(C)=CC2=O. The summed E-state index contributed by atoms with van der Waals surface area (Å²) in [6.45, 7) is 1.60. The Labute approximate surface area is 178 Å². The number of methoxy groups -OCH3 is 1. The van der Waals surface area contributed by atoms with Gasteiger partial charge >= 0.3 is 0 Å². The highest BCUT2D eigenvalue weighted by atomic mass is 16.5. The van der Waals surface area contributed by atoms with Crippen LogP contribution in [0.1, 0.15) is 31.2 Å². The molecule has 31 heavy (non-hydrogen) atoms. The van der Waals surface area contributed by atoms with Gasteiger partial charge in [0.1, 0.15) is 11.5 Å². The summed E-state index contributed by atoms with van der Waals surface area (Å²) in [6.07, 6.45) is 3.80. The van der Waals surface area contributed by atoms with E-state index in [-0.39, 0.29) is 35.6 Å². The molecule has 7 nitrogen and oxygen atoms in total. The highest BCUT2D eigenvalue weighted by Gasteiger charge is 2.54. The number of Topliss-reactive ketones (excluding diaryl/α,β-unsaturated/α-hetero) is 1. The number of imide groups is 1. The molecule has 4 atom stereocenters. The maximum atomic E-state index is 13.3. The smallest absolute Gasteiger partial charge is 0.231 e. The second kappa shape index (κ2) is 6.77. The van der Waals surface area contributed by atoms with Crippen molar-refractivity contribution >= 4 is 23.4 Å². The number of aromatic hydroxyl groups is 1. The van der Waals surface area contributed by atoms with Gasteiger partial charge in [0.2, 0.25) is 11.8 Å². The molecule has 7 heteroatoms. The Kier molecular flexibility index (Phi) is 4.25. The summed E-state index contributed by atoms with van der Waals surface area (Å²) in [4.78, 5) is 51.1. The van der Waals surface area contributed by atoms with E-state index in [2.05, 4.69) is 5.32 Å². The third kappa shape index (κ3) is 2.65. The van der Waals surface area contributed by atoms with Crippen molar-refractivity contribution in [2.45, 2.75) is 25.7 Å². The fraction of sp³-hybridized carbons (Fsp3) is 0.333. The number of amides is 2. The molecular formula is C24H21NO6. The Hall–Kier alpha value is -3.48. The first kappa shape index (κ1) is 19.5. The van der Waals surface area contributed by atoms with Crippen molar-refractivity contribution in [1.29, 1.82) is 0 Å². The van der Waals surface area contributed by atoms with Crippen LogP contribution in [0.5, 0.6) is 11.5 Å². The van der Waals surface area contributed by atoms with Gasteiger partial charge in [0.05, 0.1) is 18.9 Å². The van der Waals surface area contributed by atoms with Crippen molar-refractivity contribution in [1.82, 2.24) is 5.32 Å². The number of carbonyl (C=O) groups excluding carboxylic acids is 4. The first-order valence-corrected chi connectivity index (χ1v) is 10.2. The second-order valence-electron chi connectivity index (χ2n) is 8.48. The Balaban J connectivity index is 1.78. The second-order valence-corrected chi connectivity index (χ2v) is 8.48. The lowest BCUT2D eigenvalue weighted by Gasteiger charge is -2.42. The molecule has 0 saturated carbocycles. The molecule has 1 saturated heterocycles. The van der Waals surface area contributed by atoms with E-state index in [9.17, 15) is 24.3 Å². The number of hydrogen-bond acceptors (Lipinski definition) is 6. The van der Waals surface area contributed by atoms with Crippen LogP contribution in [-0.4, -0.2) is 35.6 Å². The van der Waals surface area contributed by atoms with E-state index >= 15 is 0 Å². The van der Waals surface area contributed by atoms with Crippen molar-refractivity contribution in [2.24, 2.45) is 17.8 Å². The first-order valence-electron chi connectivity index (χ1n) is 10.2. The molecule has 4 aliphatic rings. The van der Waals surface area contributed by atoms with Crippen LogP contribution in [0.4, 0.5) is 0 Å². The molecule has 4 unspecified atom stereocenters. The Morgan fingerprint density at radius 3 is 2.61 bits per heavy atom.